The van der Waals surface area contributed by atoms with E-state index in [-0.39, 0.29) is 0 Å². The molecule has 6 heteroatoms. The van der Waals surface area contributed by atoms with Crippen molar-refractivity contribution in [1.29, 1.82) is 0 Å². The molecule has 0 saturated carbocycles. The lowest BCUT2D eigenvalue weighted by Gasteiger charge is -2.04. The van der Waals surface area contributed by atoms with Gasteiger partial charge in [0.05, 0.1) is 18.4 Å². The van der Waals surface area contributed by atoms with Crippen LogP contribution in [0.25, 0.3) is 22.6 Å². The topological polar surface area (TPSA) is 61.3 Å². The van der Waals surface area contributed by atoms with Gasteiger partial charge in [-0.2, -0.15) is 0 Å². The molecule has 0 spiro atoms. The molecule has 0 radical (unpaired) electrons. The fourth-order valence-corrected chi connectivity index (χ4v) is 3.14. The first kappa shape index (κ1) is 13.5. The Morgan fingerprint density at radius 1 is 1.20 bits per heavy atom. The zero-order valence-corrected chi connectivity index (χ0v) is 13.7. The molecule has 0 aliphatic carbocycles. The third-order valence-corrected chi connectivity index (χ3v) is 4.03. The summed E-state index contributed by atoms with van der Waals surface area (Å²) in [5.41, 5.74) is 8.82. The average molecular weight is 398 g/mol. The largest absolute Gasteiger partial charge is 0.497 e. The Morgan fingerprint density at radius 3 is 2.75 bits per heavy atom. The molecule has 3 rings (SSSR count). The Labute approximate surface area is 132 Å². The first-order chi connectivity index (χ1) is 9.58. The van der Waals surface area contributed by atoms with Crippen molar-refractivity contribution in [3.8, 4) is 17.2 Å². The standard InChI is InChI=1S/C14H10Br2N2O2/c1-19-8-2-3-12-11(6-8)18-14(20-12)9-4-7(15)5-10(16)13(9)17/h2-6H,17H2,1H3. The third kappa shape index (κ3) is 2.29. The van der Waals surface area contributed by atoms with E-state index < -0.39 is 0 Å². The van der Waals surface area contributed by atoms with Crippen LogP contribution in [-0.2, 0) is 0 Å². The van der Waals surface area contributed by atoms with Gasteiger partial charge in [-0.15, -0.1) is 0 Å². The van der Waals surface area contributed by atoms with Gasteiger partial charge in [-0.3, -0.25) is 0 Å². The number of nitrogens with zero attached hydrogens (tertiary/aromatic N) is 1. The number of nitrogen functional groups attached to an aromatic ring is 1. The van der Waals surface area contributed by atoms with E-state index in [1.807, 2.05) is 30.3 Å². The zero-order valence-electron chi connectivity index (χ0n) is 10.5. The van der Waals surface area contributed by atoms with Crippen LogP contribution in [0.3, 0.4) is 0 Å². The summed E-state index contributed by atoms with van der Waals surface area (Å²) < 4.78 is 12.6. The number of nitrogens with two attached hydrogens (primary N) is 1. The predicted octanol–water partition coefficient (Wildman–Crippen LogP) is 4.61. The lowest BCUT2D eigenvalue weighted by Crippen LogP contribution is -1.92. The van der Waals surface area contributed by atoms with E-state index >= 15 is 0 Å². The fourth-order valence-electron chi connectivity index (χ4n) is 1.91. The molecule has 0 saturated heterocycles. The Kier molecular flexibility index (Phi) is 3.43. The van der Waals surface area contributed by atoms with Gasteiger partial charge < -0.3 is 14.9 Å². The maximum Gasteiger partial charge on any atom is 0.229 e. The molecule has 0 aliphatic heterocycles. The first-order valence-corrected chi connectivity index (χ1v) is 7.36. The third-order valence-electron chi connectivity index (χ3n) is 2.92. The second-order valence-corrected chi connectivity index (χ2v) is 5.97. The molecule has 0 unspecified atom stereocenters. The summed E-state index contributed by atoms with van der Waals surface area (Å²) in [6, 6.07) is 9.24. The molecule has 3 aromatic rings. The zero-order chi connectivity index (χ0) is 14.3. The molecule has 2 N–H and O–H groups in total. The van der Waals surface area contributed by atoms with Gasteiger partial charge in [-0.25, -0.2) is 4.98 Å². The van der Waals surface area contributed by atoms with E-state index in [1.54, 1.807) is 7.11 Å². The van der Waals surface area contributed by atoms with Crippen molar-refractivity contribution >= 4 is 48.6 Å². The number of aromatic nitrogens is 1. The van der Waals surface area contributed by atoms with Gasteiger partial charge in [-0.1, -0.05) is 15.9 Å². The van der Waals surface area contributed by atoms with Gasteiger partial charge in [0, 0.05) is 15.0 Å². The number of rotatable bonds is 2. The number of ether oxygens (including phenoxy) is 1. The molecule has 20 heavy (non-hydrogen) atoms. The van der Waals surface area contributed by atoms with Crippen LogP contribution >= 0.6 is 31.9 Å². The number of hydrogen-bond donors (Lipinski definition) is 1. The molecule has 0 bridgehead atoms. The van der Waals surface area contributed by atoms with Gasteiger partial charge in [0.1, 0.15) is 11.3 Å². The SMILES string of the molecule is COc1ccc2oc(-c3cc(Br)cc(Br)c3N)nc2c1. The van der Waals surface area contributed by atoms with E-state index in [2.05, 4.69) is 36.8 Å². The van der Waals surface area contributed by atoms with Gasteiger partial charge >= 0.3 is 0 Å². The Morgan fingerprint density at radius 2 is 2.00 bits per heavy atom. The molecule has 2 aromatic carbocycles. The van der Waals surface area contributed by atoms with E-state index in [0.717, 1.165) is 25.8 Å². The van der Waals surface area contributed by atoms with E-state index in [4.69, 9.17) is 14.9 Å². The highest BCUT2D eigenvalue weighted by molar-refractivity contribution is 9.11. The predicted molar refractivity (Wildman–Crippen MR) is 85.8 cm³/mol. The maximum atomic E-state index is 6.07. The summed E-state index contributed by atoms with van der Waals surface area (Å²) in [5.74, 6) is 1.22. The van der Waals surface area contributed by atoms with Crippen LogP contribution in [0.1, 0.15) is 0 Å². The first-order valence-electron chi connectivity index (χ1n) is 5.78. The summed E-state index contributed by atoms with van der Waals surface area (Å²) in [4.78, 5) is 4.47. The summed E-state index contributed by atoms with van der Waals surface area (Å²) in [5, 5.41) is 0. The average Bonchev–Trinajstić information content (AvgIpc) is 2.85. The maximum absolute atomic E-state index is 6.07. The normalized spacial score (nSPS) is 10.9. The molecule has 0 aliphatic rings. The molecule has 1 aromatic heterocycles. The molecule has 0 fully saturated rings. The number of benzene rings is 2. The van der Waals surface area contributed by atoms with Crippen LogP contribution in [0.2, 0.25) is 0 Å². The van der Waals surface area contributed by atoms with Crippen LogP contribution < -0.4 is 10.5 Å². The van der Waals surface area contributed by atoms with E-state index in [9.17, 15) is 0 Å². The molecule has 1 heterocycles. The van der Waals surface area contributed by atoms with Crippen LogP contribution in [-0.4, -0.2) is 12.1 Å². The van der Waals surface area contributed by atoms with Gasteiger partial charge in [-0.05, 0) is 40.2 Å². The van der Waals surface area contributed by atoms with Crippen LogP contribution in [0.4, 0.5) is 5.69 Å². The fraction of sp³-hybridized carbons (Fsp3) is 0.0714. The number of hydrogen-bond acceptors (Lipinski definition) is 4. The van der Waals surface area contributed by atoms with E-state index in [0.29, 0.717) is 17.2 Å². The lowest BCUT2D eigenvalue weighted by atomic mass is 10.2. The number of fused-ring (bicyclic) bond motifs is 1. The highest BCUT2D eigenvalue weighted by atomic mass is 79.9. The van der Waals surface area contributed by atoms with Crippen molar-refractivity contribution in [2.75, 3.05) is 12.8 Å². The second-order valence-electron chi connectivity index (χ2n) is 4.20. The van der Waals surface area contributed by atoms with Gasteiger partial charge in [0.25, 0.3) is 0 Å². The molecule has 102 valence electrons. The van der Waals surface area contributed by atoms with Crippen molar-refractivity contribution in [1.82, 2.24) is 4.98 Å². The van der Waals surface area contributed by atoms with E-state index in [1.165, 1.54) is 0 Å². The number of halogens is 2. The van der Waals surface area contributed by atoms with Gasteiger partial charge in [0.2, 0.25) is 5.89 Å². The van der Waals surface area contributed by atoms with Crippen molar-refractivity contribution in [3.05, 3.63) is 39.3 Å². The van der Waals surface area contributed by atoms with Crippen LogP contribution in [0.15, 0.2) is 43.7 Å². The molecular formula is C14H10Br2N2O2. The lowest BCUT2D eigenvalue weighted by molar-refractivity contribution is 0.415. The highest BCUT2D eigenvalue weighted by Crippen LogP contribution is 2.36. The van der Waals surface area contributed by atoms with Crippen molar-refractivity contribution in [2.24, 2.45) is 0 Å². The summed E-state index contributed by atoms with van der Waals surface area (Å²) in [6.45, 7) is 0. The minimum atomic E-state index is 0.479. The molecule has 4 nitrogen and oxygen atoms in total. The Balaban J connectivity index is 2.20. The number of anilines is 1. The minimum absolute atomic E-state index is 0.479. The summed E-state index contributed by atoms with van der Waals surface area (Å²) in [6.07, 6.45) is 0. The smallest absolute Gasteiger partial charge is 0.229 e. The van der Waals surface area contributed by atoms with Crippen molar-refractivity contribution in [2.45, 2.75) is 0 Å². The highest BCUT2D eigenvalue weighted by Gasteiger charge is 2.14. The molecule has 0 atom stereocenters. The Bertz CT molecular complexity index is 799. The second kappa shape index (κ2) is 5.10. The van der Waals surface area contributed by atoms with Crippen LogP contribution in [0, 0.1) is 0 Å². The minimum Gasteiger partial charge on any atom is -0.497 e. The number of oxazole rings is 1. The molecular weight excluding hydrogens is 388 g/mol. The summed E-state index contributed by atoms with van der Waals surface area (Å²) >= 11 is 6.85. The van der Waals surface area contributed by atoms with Crippen molar-refractivity contribution in [3.63, 3.8) is 0 Å². The monoisotopic (exact) mass is 396 g/mol. The van der Waals surface area contributed by atoms with Crippen LogP contribution in [0.5, 0.6) is 5.75 Å². The Hall–Kier alpha value is -1.53. The quantitative estimate of drug-likeness (QED) is 0.641. The molecule has 0 amide bonds. The summed E-state index contributed by atoms with van der Waals surface area (Å²) in [7, 11) is 1.62. The van der Waals surface area contributed by atoms with Gasteiger partial charge in [0.15, 0.2) is 5.58 Å². The van der Waals surface area contributed by atoms with Crippen molar-refractivity contribution < 1.29 is 9.15 Å². The number of methoxy groups -OCH3 is 1.